The molecule has 0 bridgehead atoms. The molecule has 124 valence electrons. The van der Waals surface area contributed by atoms with Crippen LogP contribution in [0.2, 0.25) is 5.02 Å². The Morgan fingerprint density at radius 1 is 1.20 bits per heavy atom. The lowest BCUT2D eigenvalue weighted by Gasteiger charge is -2.06. The van der Waals surface area contributed by atoms with E-state index < -0.39 is 0 Å². The van der Waals surface area contributed by atoms with Gasteiger partial charge in [0.05, 0.1) is 5.69 Å². The number of nitrogens with zero attached hydrogens (tertiary/aromatic N) is 3. The van der Waals surface area contributed by atoms with E-state index in [-0.39, 0.29) is 22.9 Å². The van der Waals surface area contributed by atoms with Gasteiger partial charge < -0.3 is 5.73 Å². The third-order valence-electron chi connectivity index (χ3n) is 3.49. The van der Waals surface area contributed by atoms with Crippen molar-refractivity contribution in [2.45, 2.75) is 0 Å². The van der Waals surface area contributed by atoms with E-state index in [2.05, 4.69) is 37.0 Å². The number of rotatable bonds is 3. The van der Waals surface area contributed by atoms with E-state index in [1.54, 1.807) is 42.5 Å². The number of carbonyl (C=O) groups is 1. The summed E-state index contributed by atoms with van der Waals surface area (Å²) in [6.45, 7) is 0. The Balaban J connectivity index is 2.14. The quantitative estimate of drug-likeness (QED) is 0.549. The van der Waals surface area contributed by atoms with E-state index in [0.717, 1.165) is 4.47 Å². The van der Waals surface area contributed by atoms with E-state index in [0.29, 0.717) is 20.7 Å². The number of ketones is 1. The molecule has 2 aromatic carbocycles. The Hall–Kier alpha value is -2.14. The van der Waals surface area contributed by atoms with Gasteiger partial charge in [-0.25, -0.2) is 4.68 Å². The van der Waals surface area contributed by atoms with E-state index in [1.165, 1.54) is 4.68 Å². The van der Waals surface area contributed by atoms with Crippen LogP contribution < -0.4 is 5.73 Å². The molecule has 0 saturated heterocycles. The molecule has 0 spiro atoms. The lowest BCUT2D eigenvalue weighted by Crippen LogP contribution is -2.06. The van der Waals surface area contributed by atoms with Crippen LogP contribution in [0.4, 0.5) is 5.82 Å². The van der Waals surface area contributed by atoms with Gasteiger partial charge in [-0.05, 0) is 58.4 Å². The smallest absolute Gasteiger partial charge is 0.214 e. The number of aromatic nitrogens is 2. The molecule has 0 aliphatic heterocycles. The molecule has 0 radical (unpaired) electrons. The fraction of sp³-hybridized carbons (Fsp3) is 0. The summed E-state index contributed by atoms with van der Waals surface area (Å²) in [6.07, 6.45) is 0. The highest BCUT2D eigenvalue weighted by molar-refractivity contribution is 9.10. The van der Waals surface area contributed by atoms with Crippen molar-refractivity contribution in [2.24, 2.45) is 0 Å². The SMILES string of the molecule is N#Cc1c(C(=O)c2ccc(Br)cc2)nn(-c2ccc(Cl)cc2Br)c1N. The average molecular weight is 481 g/mol. The highest BCUT2D eigenvalue weighted by Crippen LogP contribution is 2.29. The summed E-state index contributed by atoms with van der Waals surface area (Å²) in [5.74, 6) is -0.287. The first kappa shape index (κ1) is 17.7. The molecule has 0 saturated carbocycles. The van der Waals surface area contributed by atoms with Crippen LogP contribution in [0.1, 0.15) is 21.6 Å². The van der Waals surface area contributed by atoms with Crippen LogP contribution >= 0.6 is 43.5 Å². The summed E-state index contributed by atoms with van der Waals surface area (Å²) >= 11 is 12.7. The van der Waals surface area contributed by atoms with Crippen molar-refractivity contribution in [1.29, 1.82) is 5.26 Å². The zero-order chi connectivity index (χ0) is 18.1. The van der Waals surface area contributed by atoms with Crippen LogP contribution in [-0.2, 0) is 0 Å². The summed E-state index contributed by atoms with van der Waals surface area (Å²) in [5.41, 5.74) is 7.09. The van der Waals surface area contributed by atoms with Gasteiger partial charge in [0.25, 0.3) is 0 Å². The first-order valence-corrected chi connectivity index (χ1v) is 8.93. The van der Waals surface area contributed by atoms with Crippen LogP contribution in [0.5, 0.6) is 0 Å². The van der Waals surface area contributed by atoms with Crippen molar-refractivity contribution in [3.05, 3.63) is 73.3 Å². The molecular weight excluding hydrogens is 471 g/mol. The van der Waals surface area contributed by atoms with Crippen molar-refractivity contribution in [1.82, 2.24) is 9.78 Å². The van der Waals surface area contributed by atoms with Gasteiger partial charge in [0, 0.05) is 19.5 Å². The molecule has 0 aliphatic carbocycles. The molecule has 0 atom stereocenters. The van der Waals surface area contributed by atoms with E-state index in [4.69, 9.17) is 17.3 Å². The maximum absolute atomic E-state index is 12.7. The van der Waals surface area contributed by atoms with E-state index in [1.807, 2.05) is 6.07 Å². The lowest BCUT2D eigenvalue weighted by molar-refractivity contribution is 0.103. The zero-order valence-corrected chi connectivity index (χ0v) is 16.4. The number of halogens is 3. The van der Waals surface area contributed by atoms with Gasteiger partial charge in [0.2, 0.25) is 5.78 Å². The molecule has 0 fully saturated rings. The van der Waals surface area contributed by atoms with Crippen LogP contribution in [-0.4, -0.2) is 15.6 Å². The van der Waals surface area contributed by atoms with Gasteiger partial charge in [-0.3, -0.25) is 4.79 Å². The molecule has 1 aromatic heterocycles. The molecule has 5 nitrogen and oxygen atoms in total. The fourth-order valence-electron chi connectivity index (χ4n) is 2.27. The first-order chi connectivity index (χ1) is 11.9. The number of nitrogen functional groups attached to an aromatic ring is 1. The number of hydrogen-bond donors (Lipinski definition) is 1. The van der Waals surface area contributed by atoms with Crippen molar-refractivity contribution in [3.8, 4) is 11.8 Å². The Bertz CT molecular complexity index is 1020. The summed E-state index contributed by atoms with van der Waals surface area (Å²) in [7, 11) is 0. The molecule has 0 amide bonds. The van der Waals surface area contributed by atoms with Crippen molar-refractivity contribution >= 4 is 55.1 Å². The highest BCUT2D eigenvalue weighted by Gasteiger charge is 2.24. The number of anilines is 1. The van der Waals surface area contributed by atoms with Crippen molar-refractivity contribution in [2.75, 3.05) is 5.73 Å². The van der Waals surface area contributed by atoms with Gasteiger partial charge >= 0.3 is 0 Å². The van der Waals surface area contributed by atoms with Crippen LogP contribution in [0.3, 0.4) is 0 Å². The number of benzene rings is 2. The Labute approximate surface area is 165 Å². The van der Waals surface area contributed by atoms with Crippen LogP contribution in [0.15, 0.2) is 51.4 Å². The minimum absolute atomic E-state index is 0.00386. The van der Waals surface area contributed by atoms with Crippen LogP contribution in [0.25, 0.3) is 5.69 Å². The molecular formula is C17H9Br2ClN4O. The number of nitriles is 1. The summed E-state index contributed by atoms with van der Waals surface area (Å²) in [5, 5.41) is 14.2. The average Bonchev–Trinajstić information content (AvgIpc) is 2.91. The third-order valence-corrected chi connectivity index (χ3v) is 4.89. The van der Waals surface area contributed by atoms with E-state index in [9.17, 15) is 10.1 Å². The fourth-order valence-corrected chi connectivity index (χ4v) is 3.39. The Kier molecular flexibility index (Phi) is 4.95. The lowest BCUT2D eigenvalue weighted by atomic mass is 10.1. The largest absolute Gasteiger partial charge is 0.382 e. The summed E-state index contributed by atoms with van der Waals surface area (Å²) < 4.78 is 2.84. The first-order valence-electron chi connectivity index (χ1n) is 6.96. The number of nitrogens with two attached hydrogens (primary N) is 1. The monoisotopic (exact) mass is 478 g/mol. The molecule has 8 heteroatoms. The molecule has 0 aliphatic rings. The van der Waals surface area contributed by atoms with Gasteiger partial charge in [-0.15, -0.1) is 0 Å². The maximum Gasteiger partial charge on any atom is 0.214 e. The number of carbonyl (C=O) groups excluding carboxylic acids is 1. The zero-order valence-electron chi connectivity index (χ0n) is 12.5. The Morgan fingerprint density at radius 2 is 1.88 bits per heavy atom. The second-order valence-corrected chi connectivity index (χ2v) is 7.27. The molecule has 25 heavy (non-hydrogen) atoms. The molecule has 0 unspecified atom stereocenters. The molecule has 3 aromatic rings. The predicted molar refractivity (Wildman–Crippen MR) is 103 cm³/mol. The maximum atomic E-state index is 12.7. The summed E-state index contributed by atoms with van der Waals surface area (Å²) in [6, 6.07) is 13.8. The van der Waals surface area contributed by atoms with Crippen molar-refractivity contribution in [3.63, 3.8) is 0 Å². The van der Waals surface area contributed by atoms with Gasteiger partial charge in [0.1, 0.15) is 17.5 Å². The van der Waals surface area contributed by atoms with Gasteiger partial charge in [0.15, 0.2) is 5.69 Å². The standard InChI is InChI=1S/C17H9Br2ClN4O/c18-10-3-1-9(2-4-10)16(25)15-12(8-21)17(22)24(23-15)14-6-5-11(20)7-13(14)19/h1-7H,22H2. The van der Waals surface area contributed by atoms with Gasteiger partial charge in [-0.1, -0.05) is 27.5 Å². The van der Waals surface area contributed by atoms with Gasteiger partial charge in [-0.2, -0.15) is 10.4 Å². The minimum Gasteiger partial charge on any atom is -0.382 e. The van der Waals surface area contributed by atoms with Crippen LogP contribution in [0, 0.1) is 11.3 Å². The second kappa shape index (κ2) is 7.00. The number of hydrogen-bond acceptors (Lipinski definition) is 4. The third kappa shape index (κ3) is 3.33. The normalized spacial score (nSPS) is 10.5. The minimum atomic E-state index is -0.375. The highest BCUT2D eigenvalue weighted by atomic mass is 79.9. The molecule has 3 rings (SSSR count). The predicted octanol–water partition coefficient (Wildman–Crippen LogP) is 4.74. The second-order valence-electron chi connectivity index (χ2n) is 5.06. The molecule has 1 heterocycles. The topological polar surface area (TPSA) is 84.7 Å². The van der Waals surface area contributed by atoms with Crippen molar-refractivity contribution < 1.29 is 4.79 Å². The summed E-state index contributed by atoms with van der Waals surface area (Å²) in [4.78, 5) is 12.7. The Morgan fingerprint density at radius 3 is 2.48 bits per heavy atom. The van der Waals surface area contributed by atoms with E-state index >= 15 is 0 Å². The molecule has 2 N–H and O–H groups in total.